The third-order valence-corrected chi connectivity index (χ3v) is 2.03. The third-order valence-electron chi connectivity index (χ3n) is 2.03. The van der Waals surface area contributed by atoms with Crippen molar-refractivity contribution in [1.82, 2.24) is 0 Å². The minimum absolute atomic E-state index is 0.0369. The molecule has 1 atom stereocenters. The van der Waals surface area contributed by atoms with Gasteiger partial charge in [-0.1, -0.05) is 12.0 Å². The number of terminal acetylenes is 1. The van der Waals surface area contributed by atoms with E-state index in [2.05, 4.69) is 5.92 Å². The highest BCUT2D eigenvalue weighted by molar-refractivity contribution is 5.44. The van der Waals surface area contributed by atoms with Crippen molar-refractivity contribution in [3.8, 4) is 23.8 Å². The molecule has 1 rings (SSSR count). The molecular weight excluding hydrogens is 176 g/mol. The first kappa shape index (κ1) is 10.5. The number of ether oxygens (including phenoxy) is 1. The van der Waals surface area contributed by atoms with Gasteiger partial charge in [0, 0.05) is 5.92 Å². The Bertz CT molecular complexity index is 350. The Morgan fingerprint density at radius 3 is 2.86 bits per heavy atom. The van der Waals surface area contributed by atoms with Crippen LogP contribution in [0.5, 0.6) is 11.5 Å². The Morgan fingerprint density at radius 1 is 1.57 bits per heavy atom. The van der Waals surface area contributed by atoms with Crippen molar-refractivity contribution in [2.24, 2.45) is 0 Å². The zero-order valence-corrected chi connectivity index (χ0v) is 8.45. The second-order valence-electron chi connectivity index (χ2n) is 3.05. The van der Waals surface area contributed by atoms with Crippen molar-refractivity contribution >= 4 is 0 Å². The van der Waals surface area contributed by atoms with Crippen LogP contribution in [0.1, 0.15) is 25.3 Å². The molecule has 74 valence electrons. The van der Waals surface area contributed by atoms with Crippen LogP contribution in [0.15, 0.2) is 18.2 Å². The Balaban J connectivity index is 3.01. The van der Waals surface area contributed by atoms with E-state index >= 15 is 0 Å². The Morgan fingerprint density at radius 2 is 2.29 bits per heavy atom. The van der Waals surface area contributed by atoms with E-state index < -0.39 is 0 Å². The molecule has 0 saturated heterocycles. The lowest BCUT2D eigenvalue weighted by molar-refractivity contribution is 0.317. The molecule has 1 aromatic rings. The summed E-state index contributed by atoms with van der Waals surface area (Å²) in [5.41, 5.74) is 0.980. The number of hydrogen-bond donors (Lipinski definition) is 1. The molecule has 2 heteroatoms. The molecule has 0 saturated carbocycles. The molecule has 0 aliphatic carbocycles. The maximum absolute atomic E-state index is 9.44. The summed E-state index contributed by atoms with van der Waals surface area (Å²) < 4.78 is 5.25. The van der Waals surface area contributed by atoms with E-state index in [0.717, 1.165) is 5.56 Å². The number of hydrogen-bond acceptors (Lipinski definition) is 2. The Labute approximate surface area is 84.5 Å². The molecule has 14 heavy (non-hydrogen) atoms. The van der Waals surface area contributed by atoms with Crippen molar-refractivity contribution in [3.63, 3.8) is 0 Å². The molecular formula is C12H14O2. The van der Waals surface area contributed by atoms with Crippen LogP contribution in [-0.2, 0) is 0 Å². The van der Waals surface area contributed by atoms with E-state index in [9.17, 15) is 5.11 Å². The summed E-state index contributed by atoms with van der Waals surface area (Å²) >= 11 is 0. The molecule has 1 N–H and O–H groups in total. The van der Waals surface area contributed by atoms with Gasteiger partial charge in [0.2, 0.25) is 0 Å². The second-order valence-corrected chi connectivity index (χ2v) is 3.05. The van der Waals surface area contributed by atoms with Crippen LogP contribution >= 0.6 is 0 Å². The zero-order valence-electron chi connectivity index (χ0n) is 8.45. The summed E-state index contributed by atoms with van der Waals surface area (Å²) in [6, 6.07) is 5.19. The molecule has 0 aromatic heterocycles. The van der Waals surface area contributed by atoms with Gasteiger partial charge in [-0.3, -0.25) is 0 Å². The maximum Gasteiger partial charge on any atom is 0.161 e. The lowest BCUT2D eigenvalue weighted by Crippen LogP contribution is -1.95. The predicted octanol–water partition coefficient (Wildman–Crippen LogP) is 2.53. The topological polar surface area (TPSA) is 29.5 Å². The summed E-state index contributed by atoms with van der Waals surface area (Å²) in [5.74, 6) is 3.31. The third kappa shape index (κ3) is 2.20. The average Bonchev–Trinajstić information content (AvgIpc) is 2.20. The summed E-state index contributed by atoms with van der Waals surface area (Å²) in [7, 11) is 0. The lowest BCUT2D eigenvalue weighted by atomic mass is 10.0. The molecule has 2 nitrogen and oxygen atoms in total. The standard InChI is InChI=1S/C12H14O2/c1-4-9(3)10-6-7-11(13)12(8-10)14-5-2/h1,6-9,13H,5H2,2-3H3. The first-order chi connectivity index (χ1) is 6.69. The fraction of sp³-hybridized carbons (Fsp3) is 0.333. The monoisotopic (exact) mass is 190 g/mol. The summed E-state index contributed by atoms with van der Waals surface area (Å²) in [6.07, 6.45) is 5.31. The fourth-order valence-corrected chi connectivity index (χ4v) is 1.17. The van der Waals surface area contributed by atoms with Crippen LogP contribution in [0, 0.1) is 12.3 Å². The highest BCUT2D eigenvalue weighted by Crippen LogP contribution is 2.29. The molecule has 0 amide bonds. The van der Waals surface area contributed by atoms with E-state index in [1.807, 2.05) is 19.9 Å². The molecule has 0 aliphatic rings. The zero-order chi connectivity index (χ0) is 10.6. The highest BCUT2D eigenvalue weighted by Gasteiger charge is 2.06. The van der Waals surface area contributed by atoms with Gasteiger partial charge in [-0.2, -0.15) is 0 Å². The minimum Gasteiger partial charge on any atom is -0.504 e. The van der Waals surface area contributed by atoms with Gasteiger partial charge in [-0.05, 0) is 31.5 Å². The number of benzene rings is 1. The summed E-state index contributed by atoms with van der Waals surface area (Å²) in [5, 5.41) is 9.44. The molecule has 0 spiro atoms. The van der Waals surface area contributed by atoms with Crippen molar-refractivity contribution in [2.45, 2.75) is 19.8 Å². The average molecular weight is 190 g/mol. The molecule has 0 fully saturated rings. The number of phenols is 1. The van der Waals surface area contributed by atoms with Crippen molar-refractivity contribution in [2.75, 3.05) is 6.61 Å². The van der Waals surface area contributed by atoms with E-state index in [1.54, 1.807) is 12.1 Å². The van der Waals surface area contributed by atoms with Crippen LogP contribution in [0.2, 0.25) is 0 Å². The second kappa shape index (κ2) is 4.57. The van der Waals surface area contributed by atoms with Gasteiger partial charge in [0.05, 0.1) is 6.61 Å². The predicted molar refractivity (Wildman–Crippen MR) is 56.5 cm³/mol. The molecule has 0 radical (unpaired) electrons. The van der Waals surface area contributed by atoms with Gasteiger partial charge < -0.3 is 9.84 Å². The maximum atomic E-state index is 9.44. The van der Waals surface area contributed by atoms with E-state index in [4.69, 9.17) is 11.2 Å². The lowest BCUT2D eigenvalue weighted by Gasteiger charge is -2.09. The molecule has 0 aliphatic heterocycles. The Hall–Kier alpha value is -1.62. The number of rotatable bonds is 3. The number of phenolic OH excluding ortho intramolecular Hbond substituents is 1. The molecule has 0 bridgehead atoms. The van der Waals surface area contributed by atoms with E-state index in [-0.39, 0.29) is 11.7 Å². The Kier molecular flexibility index (Phi) is 3.41. The van der Waals surface area contributed by atoms with Crippen molar-refractivity contribution in [3.05, 3.63) is 23.8 Å². The van der Waals surface area contributed by atoms with Gasteiger partial charge in [0.25, 0.3) is 0 Å². The van der Waals surface area contributed by atoms with Crippen LogP contribution in [0.3, 0.4) is 0 Å². The van der Waals surface area contributed by atoms with Crippen molar-refractivity contribution < 1.29 is 9.84 Å². The molecule has 1 unspecified atom stereocenters. The first-order valence-electron chi connectivity index (χ1n) is 4.60. The van der Waals surface area contributed by atoms with E-state index in [0.29, 0.717) is 12.4 Å². The van der Waals surface area contributed by atoms with Crippen LogP contribution in [-0.4, -0.2) is 11.7 Å². The van der Waals surface area contributed by atoms with Crippen molar-refractivity contribution in [1.29, 1.82) is 0 Å². The van der Waals surface area contributed by atoms with Gasteiger partial charge >= 0.3 is 0 Å². The molecule has 1 aromatic carbocycles. The van der Waals surface area contributed by atoms with Crippen LogP contribution in [0.4, 0.5) is 0 Å². The molecule has 0 heterocycles. The highest BCUT2D eigenvalue weighted by atomic mass is 16.5. The smallest absolute Gasteiger partial charge is 0.161 e. The SMILES string of the molecule is C#CC(C)c1ccc(O)c(OCC)c1. The van der Waals surface area contributed by atoms with Gasteiger partial charge in [-0.25, -0.2) is 0 Å². The van der Waals surface area contributed by atoms with E-state index in [1.165, 1.54) is 0 Å². The van der Waals surface area contributed by atoms with Gasteiger partial charge in [0.1, 0.15) is 0 Å². The van der Waals surface area contributed by atoms with Crippen LogP contribution < -0.4 is 4.74 Å². The summed E-state index contributed by atoms with van der Waals surface area (Å²) in [4.78, 5) is 0. The van der Waals surface area contributed by atoms with Gasteiger partial charge in [-0.15, -0.1) is 6.42 Å². The van der Waals surface area contributed by atoms with Gasteiger partial charge in [0.15, 0.2) is 11.5 Å². The quantitative estimate of drug-likeness (QED) is 0.742. The first-order valence-corrected chi connectivity index (χ1v) is 4.60. The van der Waals surface area contributed by atoms with Crippen LogP contribution in [0.25, 0.3) is 0 Å². The summed E-state index contributed by atoms with van der Waals surface area (Å²) in [6.45, 7) is 4.33. The fourth-order valence-electron chi connectivity index (χ4n) is 1.17. The minimum atomic E-state index is 0.0369. The largest absolute Gasteiger partial charge is 0.504 e. The number of aromatic hydroxyl groups is 1. The normalized spacial score (nSPS) is 11.8.